The maximum Gasteiger partial charge on any atom is 0.316 e. The number of nitrogens with zero attached hydrogens (tertiary/aromatic N) is 3. The van der Waals surface area contributed by atoms with Gasteiger partial charge in [-0.15, -0.1) is 10.2 Å². The van der Waals surface area contributed by atoms with E-state index in [-0.39, 0.29) is 26.6 Å². The van der Waals surface area contributed by atoms with Gasteiger partial charge in [-0.2, -0.15) is 0 Å². The zero-order chi connectivity index (χ0) is 20.9. The predicted molar refractivity (Wildman–Crippen MR) is 110 cm³/mol. The van der Waals surface area contributed by atoms with E-state index in [0.717, 1.165) is 33.7 Å². The van der Waals surface area contributed by atoms with E-state index in [9.17, 15) is 18.0 Å². The number of sulfonamides is 1. The topological polar surface area (TPSA) is 119 Å². The number of aromatic nitrogens is 2. The fraction of sp³-hybridized carbons (Fsp3) is 0.286. The molecule has 0 saturated carbocycles. The van der Waals surface area contributed by atoms with Gasteiger partial charge in [-0.25, -0.2) is 8.42 Å². The molecule has 0 unspecified atom stereocenters. The highest BCUT2D eigenvalue weighted by molar-refractivity contribution is 8.01. The fourth-order valence-electron chi connectivity index (χ4n) is 1.87. The van der Waals surface area contributed by atoms with E-state index >= 15 is 0 Å². The van der Waals surface area contributed by atoms with Gasteiger partial charge in [0.15, 0.2) is 4.34 Å². The molecule has 0 aliphatic heterocycles. The molecule has 0 aliphatic carbocycles. The number of benzene rings is 1. The minimum absolute atomic E-state index is 0.0520. The van der Waals surface area contributed by atoms with Gasteiger partial charge in [-0.1, -0.05) is 46.3 Å². The monoisotopic (exact) mass is 484 g/mol. The van der Waals surface area contributed by atoms with Crippen molar-refractivity contribution in [3.63, 3.8) is 0 Å². The summed E-state index contributed by atoms with van der Waals surface area (Å²) in [5.74, 6) is -1.01. The highest BCUT2D eigenvalue weighted by Gasteiger charge is 2.22. The Kier molecular flexibility index (Phi) is 7.89. The number of carbonyl (C=O) groups excluding carboxylic acids is 2. The van der Waals surface area contributed by atoms with Gasteiger partial charge in [0.2, 0.25) is 21.1 Å². The second-order valence-electron chi connectivity index (χ2n) is 5.18. The SMILES string of the molecule is COC(=O)CSc1nnc(NC(=O)CN(c2cc(Cl)cc(Cl)c2)S(C)(=O)=O)s1. The Morgan fingerprint density at radius 3 is 2.46 bits per heavy atom. The lowest BCUT2D eigenvalue weighted by Crippen LogP contribution is -2.37. The summed E-state index contributed by atoms with van der Waals surface area (Å²) in [7, 11) is -2.51. The molecule has 1 amide bonds. The normalized spacial score (nSPS) is 11.1. The lowest BCUT2D eigenvalue weighted by Gasteiger charge is -2.22. The summed E-state index contributed by atoms with van der Waals surface area (Å²) in [6, 6.07) is 4.21. The number of rotatable bonds is 8. The van der Waals surface area contributed by atoms with Crippen LogP contribution < -0.4 is 9.62 Å². The lowest BCUT2D eigenvalue weighted by molar-refractivity contribution is -0.137. The van der Waals surface area contributed by atoms with Crippen molar-refractivity contribution in [2.45, 2.75) is 4.34 Å². The molecular formula is C14H14Cl2N4O5S3. The summed E-state index contributed by atoms with van der Waals surface area (Å²) in [6.07, 6.45) is 0.960. The number of anilines is 2. The zero-order valence-electron chi connectivity index (χ0n) is 14.5. The zero-order valence-corrected chi connectivity index (χ0v) is 18.5. The second kappa shape index (κ2) is 9.74. The maximum atomic E-state index is 12.3. The van der Waals surface area contributed by atoms with Crippen molar-refractivity contribution >= 4 is 79.0 Å². The lowest BCUT2D eigenvalue weighted by atomic mass is 10.3. The van der Waals surface area contributed by atoms with Gasteiger partial charge in [0.05, 0.1) is 24.8 Å². The smallest absolute Gasteiger partial charge is 0.316 e. The van der Waals surface area contributed by atoms with E-state index in [4.69, 9.17) is 23.2 Å². The summed E-state index contributed by atoms with van der Waals surface area (Å²) in [4.78, 5) is 23.4. The number of esters is 1. The Hall–Kier alpha value is -1.60. The van der Waals surface area contributed by atoms with E-state index in [2.05, 4.69) is 20.3 Å². The molecule has 1 aromatic heterocycles. The van der Waals surface area contributed by atoms with Crippen LogP contribution in [0, 0.1) is 0 Å². The van der Waals surface area contributed by atoms with Gasteiger partial charge in [-0.05, 0) is 18.2 Å². The Labute approximate surface area is 179 Å². The van der Waals surface area contributed by atoms with Crippen molar-refractivity contribution in [2.75, 3.05) is 35.3 Å². The predicted octanol–water partition coefficient (Wildman–Crippen LogP) is 2.51. The van der Waals surface area contributed by atoms with E-state index in [0.29, 0.717) is 4.34 Å². The number of halogens is 2. The van der Waals surface area contributed by atoms with E-state index in [1.807, 2.05) is 0 Å². The number of carbonyl (C=O) groups is 2. The summed E-state index contributed by atoms with van der Waals surface area (Å²) in [6.45, 7) is -0.514. The Balaban J connectivity index is 2.08. The molecule has 0 spiro atoms. The number of nitrogens with one attached hydrogen (secondary N) is 1. The van der Waals surface area contributed by atoms with Crippen LogP contribution in [0.5, 0.6) is 0 Å². The minimum Gasteiger partial charge on any atom is -0.468 e. The first kappa shape index (κ1) is 22.7. The molecule has 152 valence electrons. The fourth-order valence-corrected chi connectivity index (χ4v) is 4.83. The van der Waals surface area contributed by atoms with Crippen LogP contribution in [-0.4, -0.2) is 56.2 Å². The molecule has 14 heteroatoms. The highest BCUT2D eigenvalue weighted by Crippen LogP contribution is 2.28. The van der Waals surface area contributed by atoms with Crippen LogP contribution in [0.2, 0.25) is 10.0 Å². The quantitative estimate of drug-likeness (QED) is 0.344. The molecule has 0 saturated heterocycles. The Morgan fingerprint density at radius 2 is 1.89 bits per heavy atom. The van der Waals surface area contributed by atoms with Crippen molar-refractivity contribution in [3.05, 3.63) is 28.2 Å². The van der Waals surface area contributed by atoms with E-state index in [1.165, 1.54) is 25.3 Å². The van der Waals surface area contributed by atoms with E-state index < -0.39 is 28.4 Å². The van der Waals surface area contributed by atoms with Crippen molar-refractivity contribution in [1.29, 1.82) is 0 Å². The number of methoxy groups -OCH3 is 1. The molecule has 1 aromatic carbocycles. The number of hydrogen-bond acceptors (Lipinski definition) is 9. The number of ether oxygens (including phenoxy) is 1. The first-order chi connectivity index (χ1) is 13.1. The van der Waals surface area contributed by atoms with Gasteiger partial charge >= 0.3 is 5.97 Å². The Morgan fingerprint density at radius 1 is 1.25 bits per heavy atom. The number of thioether (sulfide) groups is 1. The van der Waals surface area contributed by atoms with Crippen LogP contribution in [0.4, 0.5) is 10.8 Å². The standard InChI is InChI=1S/C14H14Cl2N4O5S3/c1-25-12(22)7-26-14-19-18-13(27-14)17-11(21)6-20(28(2,23)24)10-4-8(15)3-9(16)5-10/h3-5H,6-7H2,1-2H3,(H,17,18,21). The van der Waals surface area contributed by atoms with Crippen LogP contribution in [0.15, 0.2) is 22.5 Å². The number of amides is 1. The van der Waals surface area contributed by atoms with Gasteiger partial charge < -0.3 is 4.74 Å². The summed E-state index contributed by atoms with van der Waals surface area (Å²) >= 11 is 14.0. The van der Waals surface area contributed by atoms with Crippen LogP contribution in [0.25, 0.3) is 0 Å². The van der Waals surface area contributed by atoms with Gasteiger partial charge in [0.1, 0.15) is 6.54 Å². The molecule has 0 radical (unpaired) electrons. The van der Waals surface area contributed by atoms with Gasteiger partial charge in [-0.3, -0.25) is 19.2 Å². The number of hydrogen-bond donors (Lipinski definition) is 1. The first-order valence-electron chi connectivity index (χ1n) is 7.35. The third-order valence-electron chi connectivity index (χ3n) is 3.02. The molecule has 0 bridgehead atoms. The van der Waals surface area contributed by atoms with Crippen molar-refractivity contribution in [1.82, 2.24) is 10.2 Å². The van der Waals surface area contributed by atoms with Crippen molar-refractivity contribution in [2.24, 2.45) is 0 Å². The van der Waals surface area contributed by atoms with Crippen LogP contribution in [-0.2, 0) is 24.3 Å². The largest absolute Gasteiger partial charge is 0.468 e. The van der Waals surface area contributed by atoms with Crippen molar-refractivity contribution < 1.29 is 22.7 Å². The van der Waals surface area contributed by atoms with Crippen LogP contribution >= 0.6 is 46.3 Å². The average molecular weight is 485 g/mol. The minimum atomic E-state index is -3.79. The second-order valence-corrected chi connectivity index (χ2v) is 10.2. The van der Waals surface area contributed by atoms with Gasteiger partial charge in [0, 0.05) is 10.0 Å². The molecule has 0 aliphatic rings. The summed E-state index contributed by atoms with van der Waals surface area (Å²) < 4.78 is 30.1. The molecule has 1 heterocycles. The Bertz CT molecular complexity index is 963. The molecular weight excluding hydrogens is 471 g/mol. The van der Waals surface area contributed by atoms with E-state index in [1.54, 1.807) is 0 Å². The summed E-state index contributed by atoms with van der Waals surface area (Å²) in [5, 5.41) is 10.7. The molecule has 9 nitrogen and oxygen atoms in total. The van der Waals surface area contributed by atoms with Gasteiger partial charge in [0.25, 0.3) is 0 Å². The molecule has 28 heavy (non-hydrogen) atoms. The van der Waals surface area contributed by atoms with Crippen molar-refractivity contribution in [3.8, 4) is 0 Å². The molecule has 2 rings (SSSR count). The molecule has 0 fully saturated rings. The third-order valence-corrected chi connectivity index (χ3v) is 6.54. The molecule has 1 N–H and O–H groups in total. The average Bonchev–Trinajstić information content (AvgIpc) is 3.03. The molecule has 0 atom stereocenters. The first-order valence-corrected chi connectivity index (χ1v) is 11.8. The highest BCUT2D eigenvalue weighted by atomic mass is 35.5. The third kappa shape index (κ3) is 6.78. The maximum absolute atomic E-state index is 12.3. The summed E-state index contributed by atoms with van der Waals surface area (Å²) in [5.41, 5.74) is 0.154. The van der Waals surface area contributed by atoms with Crippen LogP contribution in [0.1, 0.15) is 0 Å². The molecule has 2 aromatic rings. The van der Waals surface area contributed by atoms with Crippen LogP contribution in [0.3, 0.4) is 0 Å².